The van der Waals surface area contributed by atoms with E-state index in [0.29, 0.717) is 34.8 Å². The molecule has 2 aromatic carbocycles. The first-order chi connectivity index (χ1) is 19.4. The van der Waals surface area contributed by atoms with Gasteiger partial charge in [-0.15, -0.1) is 0 Å². The Bertz CT molecular complexity index is 1420. The summed E-state index contributed by atoms with van der Waals surface area (Å²) >= 11 is 0. The zero-order chi connectivity index (χ0) is 28.2. The van der Waals surface area contributed by atoms with Crippen molar-refractivity contribution in [2.24, 2.45) is 5.92 Å². The molecule has 11 nitrogen and oxygen atoms in total. The monoisotopic (exact) mass is 547 g/mol. The van der Waals surface area contributed by atoms with Gasteiger partial charge in [0, 0.05) is 37.3 Å². The van der Waals surface area contributed by atoms with Crippen LogP contribution < -0.4 is 35.3 Å². The van der Waals surface area contributed by atoms with Crippen LogP contribution in [0.15, 0.2) is 47.3 Å². The highest BCUT2D eigenvalue weighted by Crippen LogP contribution is 2.40. The van der Waals surface area contributed by atoms with Gasteiger partial charge in [-0.1, -0.05) is 30.3 Å². The molecule has 2 aliphatic heterocycles. The van der Waals surface area contributed by atoms with E-state index in [1.165, 1.54) is 26.9 Å². The Morgan fingerprint density at radius 2 is 1.70 bits per heavy atom. The molecule has 0 radical (unpaired) electrons. The molecular formula is C29H33N5O6. The zero-order valence-corrected chi connectivity index (χ0v) is 22.8. The number of H-pyrrole nitrogens is 1. The molecule has 3 N–H and O–H groups in total. The number of hydrogen-bond donors (Lipinski definition) is 3. The lowest BCUT2D eigenvalue weighted by molar-refractivity contribution is -0.123. The van der Waals surface area contributed by atoms with Gasteiger partial charge in [0.15, 0.2) is 11.5 Å². The van der Waals surface area contributed by atoms with Crippen molar-refractivity contribution in [3.8, 4) is 17.2 Å². The number of nitrogens with one attached hydrogen (secondary N) is 3. The SMILES string of the molecule is COc1cc(NC(=O)[C@@H]2CC(=O)Nc3nc(N4CCC(Cc5ccccc5)CC4)[nH]c(=O)c32)cc(OC)c1OC. The fraction of sp³-hybridized carbons (Fsp3) is 0.379. The van der Waals surface area contributed by atoms with E-state index in [4.69, 9.17) is 14.2 Å². The van der Waals surface area contributed by atoms with Crippen molar-refractivity contribution < 1.29 is 23.8 Å². The van der Waals surface area contributed by atoms with Crippen molar-refractivity contribution in [3.05, 3.63) is 63.9 Å². The predicted octanol–water partition coefficient (Wildman–Crippen LogP) is 3.32. The Morgan fingerprint density at radius 3 is 2.33 bits per heavy atom. The molecule has 1 fully saturated rings. The van der Waals surface area contributed by atoms with Crippen LogP contribution in [-0.4, -0.2) is 56.2 Å². The third kappa shape index (κ3) is 5.58. The normalized spacial score (nSPS) is 17.0. The summed E-state index contributed by atoms with van der Waals surface area (Å²) in [5, 5.41) is 5.47. The molecule has 1 aromatic heterocycles. The molecule has 3 aromatic rings. The molecule has 0 aliphatic carbocycles. The summed E-state index contributed by atoms with van der Waals surface area (Å²) in [4.78, 5) is 48.7. The summed E-state index contributed by atoms with van der Waals surface area (Å²) in [7, 11) is 4.43. The smallest absolute Gasteiger partial charge is 0.258 e. The van der Waals surface area contributed by atoms with Crippen LogP contribution in [-0.2, 0) is 16.0 Å². The first kappa shape index (κ1) is 27.0. The number of carbonyl (C=O) groups excluding carboxylic acids is 2. The van der Waals surface area contributed by atoms with Crippen LogP contribution in [0.4, 0.5) is 17.5 Å². The average Bonchev–Trinajstić information content (AvgIpc) is 2.96. The Hall–Kier alpha value is -4.54. The van der Waals surface area contributed by atoms with Crippen molar-refractivity contribution in [1.29, 1.82) is 0 Å². The number of ether oxygens (including phenoxy) is 3. The molecule has 2 amide bonds. The van der Waals surface area contributed by atoms with E-state index in [0.717, 1.165) is 32.4 Å². The van der Waals surface area contributed by atoms with Gasteiger partial charge in [0.1, 0.15) is 5.82 Å². The van der Waals surface area contributed by atoms with Gasteiger partial charge < -0.3 is 29.7 Å². The second kappa shape index (κ2) is 11.7. The minimum atomic E-state index is -1.02. The highest BCUT2D eigenvalue weighted by atomic mass is 16.5. The maximum atomic E-state index is 13.4. The minimum Gasteiger partial charge on any atom is -0.493 e. The molecule has 0 spiro atoms. The van der Waals surface area contributed by atoms with Gasteiger partial charge in [-0.05, 0) is 30.7 Å². The van der Waals surface area contributed by atoms with Gasteiger partial charge >= 0.3 is 0 Å². The molecule has 40 heavy (non-hydrogen) atoms. The van der Waals surface area contributed by atoms with E-state index in [-0.39, 0.29) is 23.7 Å². The van der Waals surface area contributed by atoms with E-state index in [9.17, 15) is 14.4 Å². The second-order valence-corrected chi connectivity index (χ2v) is 9.98. The third-order valence-corrected chi connectivity index (χ3v) is 7.47. The number of anilines is 3. The van der Waals surface area contributed by atoms with E-state index in [1.807, 2.05) is 11.0 Å². The van der Waals surface area contributed by atoms with Crippen LogP contribution in [0.3, 0.4) is 0 Å². The lowest BCUT2D eigenvalue weighted by atomic mass is 9.90. The number of amides is 2. The van der Waals surface area contributed by atoms with Crippen LogP contribution in [0, 0.1) is 5.92 Å². The number of carbonyl (C=O) groups is 2. The number of aromatic nitrogens is 2. The summed E-state index contributed by atoms with van der Waals surface area (Å²) in [6, 6.07) is 13.6. The number of fused-ring (bicyclic) bond motifs is 1. The number of rotatable bonds is 8. The first-order valence-corrected chi connectivity index (χ1v) is 13.2. The quantitative estimate of drug-likeness (QED) is 0.391. The summed E-state index contributed by atoms with van der Waals surface area (Å²) in [5.74, 6) is 0.222. The van der Waals surface area contributed by atoms with Crippen molar-refractivity contribution >= 4 is 29.3 Å². The Kier molecular flexibility index (Phi) is 7.90. The fourth-order valence-corrected chi connectivity index (χ4v) is 5.41. The first-order valence-electron chi connectivity index (χ1n) is 13.2. The summed E-state index contributed by atoms with van der Waals surface area (Å²) < 4.78 is 16.0. The van der Waals surface area contributed by atoms with Gasteiger partial charge in [-0.3, -0.25) is 19.4 Å². The highest BCUT2D eigenvalue weighted by Gasteiger charge is 2.35. The van der Waals surface area contributed by atoms with Crippen LogP contribution in [0.25, 0.3) is 0 Å². The fourth-order valence-electron chi connectivity index (χ4n) is 5.41. The number of methoxy groups -OCH3 is 3. The molecule has 0 unspecified atom stereocenters. The summed E-state index contributed by atoms with van der Waals surface area (Å²) in [5.41, 5.74) is 1.37. The van der Waals surface area contributed by atoms with E-state index < -0.39 is 17.4 Å². The number of hydrogen-bond acceptors (Lipinski definition) is 8. The number of benzene rings is 2. The predicted molar refractivity (Wildman–Crippen MR) is 151 cm³/mol. The van der Waals surface area contributed by atoms with Crippen LogP contribution in [0.5, 0.6) is 17.2 Å². The topological polar surface area (TPSA) is 135 Å². The highest BCUT2D eigenvalue weighted by molar-refractivity contribution is 6.04. The van der Waals surface area contributed by atoms with Crippen LogP contribution in [0.2, 0.25) is 0 Å². The van der Waals surface area contributed by atoms with Crippen LogP contribution >= 0.6 is 0 Å². The van der Waals surface area contributed by atoms with Crippen molar-refractivity contribution in [1.82, 2.24) is 9.97 Å². The average molecular weight is 548 g/mol. The molecule has 2 aliphatic rings. The number of piperidine rings is 1. The molecule has 1 atom stereocenters. The lowest BCUT2D eigenvalue weighted by Gasteiger charge is -2.33. The number of nitrogens with zero attached hydrogens (tertiary/aromatic N) is 2. The van der Waals surface area contributed by atoms with Crippen LogP contribution in [0.1, 0.15) is 36.3 Å². The van der Waals surface area contributed by atoms with Gasteiger partial charge in [0.05, 0.1) is 32.8 Å². The van der Waals surface area contributed by atoms with E-state index in [1.54, 1.807) is 12.1 Å². The van der Waals surface area contributed by atoms with Crippen molar-refractivity contribution in [3.63, 3.8) is 0 Å². The molecule has 210 valence electrons. The number of aromatic amines is 1. The molecule has 3 heterocycles. The van der Waals surface area contributed by atoms with Gasteiger partial charge in [0.2, 0.25) is 23.5 Å². The molecular weight excluding hydrogens is 514 g/mol. The maximum Gasteiger partial charge on any atom is 0.258 e. The second-order valence-electron chi connectivity index (χ2n) is 9.98. The lowest BCUT2D eigenvalue weighted by Crippen LogP contribution is -2.40. The summed E-state index contributed by atoms with van der Waals surface area (Å²) in [6.07, 6.45) is 2.75. The molecule has 0 bridgehead atoms. The Labute approximate surface area is 231 Å². The van der Waals surface area contributed by atoms with Gasteiger partial charge in [-0.25, -0.2) is 0 Å². The van der Waals surface area contributed by atoms with E-state index >= 15 is 0 Å². The Morgan fingerprint density at radius 1 is 1.02 bits per heavy atom. The molecule has 11 heteroatoms. The zero-order valence-electron chi connectivity index (χ0n) is 22.8. The van der Waals surface area contributed by atoms with Gasteiger partial charge in [-0.2, -0.15) is 4.98 Å². The van der Waals surface area contributed by atoms with E-state index in [2.05, 4.69) is 44.9 Å². The standard InChI is InChI=1S/C29H33N5O6/c1-38-21-14-19(15-22(39-2)25(21)40-3)30-27(36)20-16-23(35)31-26-24(20)28(37)33-29(32-26)34-11-9-18(10-12-34)13-17-7-5-4-6-8-17/h4-8,14-15,18,20H,9-13,16H2,1-3H3,(H,30,36)(H2,31,32,33,35,37)/t20-/m1/s1. The summed E-state index contributed by atoms with van der Waals surface area (Å²) in [6.45, 7) is 1.47. The maximum absolute atomic E-state index is 13.4. The Balaban J connectivity index is 1.33. The minimum absolute atomic E-state index is 0.117. The molecule has 5 rings (SSSR count). The van der Waals surface area contributed by atoms with Crippen molar-refractivity contribution in [2.45, 2.75) is 31.6 Å². The molecule has 1 saturated heterocycles. The van der Waals surface area contributed by atoms with Gasteiger partial charge in [0.25, 0.3) is 5.56 Å². The third-order valence-electron chi connectivity index (χ3n) is 7.47. The largest absolute Gasteiger partial charge is 0.493 e. The molecule has 0 saturated carbocycles. The van der Waals surface area contributed by atoms with Crippen molar-refractivity contribution in [2.75, 3.05) is 50.0 Å².